The first-order chi connectivity index (χ1) is 27.8. The highest BCUT2D eigenvalue weighted by Crippen LogP contribution is 2.17. The Kier molecular flexibility index (Phi) is 42.7. The van der Waals surface area contributed by atoms with Gasteiger partial charge in [0.15, 0.2) is 6.10 Å². The van der Waals surface area contributed by atoms with E-state index in [2.05, 4.69) is 34.6 Å². The Labute approximate surface area is 355 Å². The van der Waals surface area contributed by atoms with Crippen LogP contribution in [0.2, 0.25) is 0 Å². The number of hydrogen-bond donors (Lipinski definition) is 0. The molecule has 6 heteroatoms. The minimum atomic E-state index is -0.761. The number of hydrogen-bond acceptors (Lipinski definition) is 6. The van der Waals surface area contributed by atoms with Crippen molar-refractivity contribution in [3.05, 3.63) is 0 Å². The maximum atomic E-state index is 12.7. The molecule has 0 saturated carbocycles. The third-order valence-electron chi connectivity index (χ3n) is 11.8. The van der Waals surface area contributed by atoms with Crippen molar-refractivity contribution in [2.75, 3.05) is 13.2 Å². The molecule has 6 nitrogen and oxygen atoms in total. The van der Waals surface area contributed by atoms with Crippen LogP contribution in [0.25, 0.3) is 0 Å². The minimum Gasteiger partial charge on any atom is -0.462 e. The van der Waals surface area contributed by atoms with Crippen LogP contribution >= 0.6 is 0 Å². The van der Waals surface area contributed by atoms with E-state index < -0.39 is 6.10 Å². The Morgan fingerprint density at radius 2 is 0.667 bits per heavy atom. The van der Waals surface area contributed by atoms with Gasteiger partial charge in [0.25, 0.3) is 0 Å². The molecule has 0 N–H and O–H groups in total. The molecule has 0 bridgehead atoms. The van der Waals surface area contributed by atoms with Crippen molar-refractivity contribution < 1.29 is 28.6 Å². The third-order valence-corrected chi connectivity index (χ3v) is 11.8. The molecule has 0 rings (SSSR count). The Balaban J connectivity index is 4.21. The van der Waals surface area contributed by atoms with Gasteiger partial charge in [0.05, 0.1) is 0 Å². The highest BCUT2D eigenvalue weighted by Gasteiger charge is 2.19. The first kappa shape index (κ1) is 55.4. The molecule has 0 aromatic rings. The molecule has 1 unspecified atom stereocenters. The molecular weight excluding hydrogens is 709 g/mol. The summed E-state index contributed by atoms with van der Waals surface area (Å²) in [6.07, 6.45) is 43.8. The van der Waals surface area contributed by atoms with Gasteiger partial charge in [-0.3, -0.25) is 14.4 Å². The molecule has 0 amide bonds. The summed E-state index contributed by atoms with van der Waals surface area (Å²) in [4.78, 5) is 37.8. The fraction of sp³-hybridized carbons (Fsp3) is 0.941. The zero-order valence-corrected chi connectivity index (χ0v) is 39.0. The van der Waals surface area contributed by atoms with Crippen LogP contribution in [0.15, 0.2) is 0 Å². The van der Waals surface area contributed by atoms with E-state index in [0.717, 1.165) is 69.6 Å². The number of ether oxygens (including phenoxy) is 3. The van der Waals surface area contributed by atoms with Gasteiger partial charge >= 0.3 is 17.9 Å². The highest BCUT2D eigenvalue weighted by molar-refractivity contribution is 5.71. The molecule has 0 aliphatic carbocycles. The van der Waals surface area contributed by atoms with Crippen LogP contribution in [0.4, 0.5) is 0 Å². The van der Waals surface area contributed by atoms with E-state index in [1.165, 1.54) is 167 Å². The number of esters is 3. The zero-order chi connectivity index (χ0) is 41.9. The van der Waals surface area contributed by atoms with Crippen molar-refractivity contribution in [2.45, 2.75) is 285 Å². The molecule has 338 valence electrons. The standard InChI is InChI=1S/C51H98O6/c1-6-8-9-10-11-12-22-26-33-38-43-51(54)57-48(45-56-50(53)42-37-32-28-27-30-35-40-47(5)7-2)44-55-49(52)41-36-31-25-23-20-18-16-14-13-15-17-19-21-24-29-34-39-46(3)4/h46-48H,6-45H2,1-5H3/t47?,48-/m1/s1. The zero-order valence-electron chi connectivity index (χ0n) is 39.0. The molecule has 0 fully saturated rings. The van der Waals surface area contributed by atoms with Crippen LogP contribution in [-0.2, 0) is 28.6 Å². The number of carbonyl (C=O) groups excluding carboxylic acids is 3. The van der Waals surface area contributed by atoms with Crippen LogP contribution in [0.1, 0.15) is 279 Å². The van der Waals surface area contributed by atoms with Gasteiger partial charge < -0.3 is 14.2 Å². The van der Waals surface area contributed by atoms with Gasteiger partial charge in [0, 0.05) is 19.3 Å². The molecule has 0 aliphatic rings. The molecule has 0 spiro atoms. The van der Waals surface area contributed by atoms with E-state index in [-0.39, 0.29) is 31.1 Å². The highest BCUT2D eigenvalue weighted by atomic mass is 16.6. The average Bonchev–Trinajstić information content (AvgIpc) is 3.19. The van der Waals surface area contributed by atoms with Gasteiger partial charge in [-0.25, -0.2) is 0 Å². The second kappa shape index (κ2) is 44.0. The van der Waals surface area contributed by atoms with Crippen molar-refractivity contribution in [1.82, 2.24) is 0 Å². The first-order valence-electron chi connectivity index (χ1n) is 25.3. The number of carbonyl (C=O) groups is 3. The summed E-state index contributed by atoms with van der Waals surface area (Å²) < 4.78 is 16.8. The second-order valence-electron chi connectivity index (χ2n) is 18.2. The summed E-state index contributed by atoms with van der Waals surface area (Å²) in [6, 6.07) is 0. The summed E-state index contributed by atoms with van der Waals surface area (Å²) in [5, 5.41) is 0. The normalized spacial score (nSPS) is 12.5. The molecule has 0 heterocycles. The molecule has 0 saturated heterocycles. The lowest BCUT2D eigenvalue weighted by molar-refractivity contribution is -0.167. The molecular formula is C51H98O6. The van der Waals surface area contributed by atoms with Crippen LogP contribution in [0, 0.1) is 11.8 Å². The van der Waals surface area contributed by atoms with Gasteiger partial charge in [-0.15, -0.1) is 0 Å². The van der Waals surface area contributed by atoms with Gasteiger partial charge in [0.2, 0.25) is 0 Å². The Morgan fingerprint density at radius 1 is 0.368 bits per heavy atom. The average molecular weight is 807 g/mol. The van der Waals surface area contributed by atoms with Crippen molar-refractivity contribution in [3.63, 3.8) is 0 Å². The van der Waals surface area contributed by atoms with E-state index in [1.54, 1.807) is 0 Å². The van der Waals surface area contributed by atoms with Crippen LogP contribution in [0.5, 0.6) is 0 Å². The van der Waals surface area contributed by atoms with E-state index in [9.17, 15) is 14.4 Å². The summed E-state index contributed by atoms with van der Waals surface area (Å²) in [5.74, 6) is 0.813. The topological polar surface area (TPSA) is 78.9 Å². The lowest BCUT2D eigenvalue weighted by Crippen LogP contribution is -2.30. The fourth-order valence-corrected chi connectivity index (χ4v) is 7.60. The monoisotopic (exact) mass is 807 g/mol. The number of unbranched alkanes of at least 4 members (excludes halogenated alkanes) is 29. The summed E-state index contributed by atoms with van der Waals surface area (Å²) >= 11 is 0. The van der Waals surface area contributed by atoms with Gasteiger partial charge in [-0.1, -0.05) is 240 Å². The van der Waals surface area contributed by atoms with Crippen molar-refractivity contribution in [3.8, 4) is 0 Å². The smallest absolute Gasteiger partial charge is 0.306 e. The first-order valence-corrected chi connectivity index (χ1v) is 25.3. The minimum absolute atomic E-state index is 0.0645. The Bertz CT molecular complexity index is 872. The predicted octanol–water partition coefficient (Wildman–Crippen LogP) is 16.1. The predicted molar refractivity (Wildman–Crippen MR) is 243 cm³/mol. The molecule has 0 aromatic carbocycles. The van der Waals surface area contributed by atoms with Crippen LogP contribution < -0.4 is 0 Å². The van der Waals surface area contributed by atoms with Gasteiger partial charge in [0.1, 0.15) is 13.2 Å². The Morgan fingerprint density at radius 3 is 1.00 bits per heavy atom. The molecule has 0 radical (unpaired) electrons. The lowest BCUT2D eigenvalue weighted by Gasteiger charge is -2.18. The quantitative estimate of drug-likeness (QED) is 0.0346. The van der Waals surface area contributed by atoms with Crippen molar-refractivity contribution in [2.24, 2.45) is 11.8 Å². The SMILES string of the molecule is CCCCCCCCCCCCC(=O)O[C@H](COC(=O)CCCCCCCCCCCCCCCCCCC(C)C)COC(=O)CCCCCCCCC(C)CC. The van der Waals surface area contributed by atoms with Crippen molar-refractivity contribution >= 4 is 17.9 Å². The van der Waals surface area contributed by atoms with Gasteiger partial charge in [-0.2, -0.15) is 0 Å². The van der Waals surface area contributed by atoms with E-state index in [0.29, 0.717) is 19.3 Å². The largest absolute Gasteiger partial charge is 0.462 e. The Hall–Kier alpha value is -1.59. The summed E-state index contributed by atoms with van der Waals surface area (Å²) in [6.45, 7) is 11.3. The molecule has 2 atom stereocenters. The van der Waals surface area contributed by atoms with Crippen LogP contribution in [0.3, 0.4) is 0 Å². The lowest BCUT2D eigenvalue weighted by atomic mass is 10.00. The van der Waals surface area contributed by atoms with Crippen LogP contribution in [-0.4, -0.2) is 37.2 Å². The maximum absolute atomic E-state index is 12.7. The molecule has 57 heavy (non-hydrogen) atoms. The summed E-state index contributed by atoms with van der Waals surface area (Å²) in [5.41, 5.74) is 0. The second-order valence-corrected chi connectivity index (χ2v) is 18.2. The van der Waals surface area contributed by atoms with E-state index >= 15 is 0 Å². The van der Waals surface area contributed by atoms with Crippen molar-refractivity contribution in [1.29, 1.82) is 0 Å². The van der Waals surface area contributed by atoms with Gasteiger partial charge in [-0.05, 0) is 31.1 Å². The van der Waals surface area contributed by atoms with E-state index in [4.69, 9.17) is 14.2 Å². The summed E-state index contributed by atoms with van der Waals surface area (Å²) in [7, 11) is 0. The number of rotatable bonds is 45. The fourth-order valence-electron chi connectivity index (χ4n) is 7.60. The molecule has 0 aliphatic heterocycles. The molecule has 0 aromatic heterocycles. The van der Waals surface area contributed by atoms with E-state index in [1.807, 2.05) is 0 Å². The third kappa shape index (κ3) is 43.8. The maximum Gasteiger partial charge on any atom is 0.306 e.